The molecule has 0 N–H and O–H groups in total. The van der Waals surface area contributed by atoms with Crippen molar-refractivity contribution in [1.29, 1.82) is 0 Å². The number of hydrogen-bond acceptors (Lipinski definition) is 4. The summed E-state index contributed by atoms with van der Waals surface area (Å²) in [4.78, 5) is 4.11. The van der Waals surface area contributed by atoms with Gasteiger partial charge < -0.3 is 0 Å². The van der Waals surface area contributed by atoms with Crippen LogP contribution in [0.2, 0.25) is 0 Å². The summed E-state index contributed by atoms with van der Waals surface area (Å²) >= 11 is 5.16. The summed E-state index contributed by atoms with van der Waals surface area (Å²) in [6, 6.07) is 20.7. The lowest BCUT2D eigenvalue weighted by Crippen LogP contribution is -2.00. The van der Waals surface area contributed by atoms with Gasteiger partial charge in [-0.2, -0.15) is 0 Å². The molecule has 6 heteroatoms. The number of rotatable bonds is 5. The Kier molecular flexibility index (Phi) is 5.36. The van der Waals surface area contributed by atoms with Crippen LogP contribution in [0.5, 0.6) is 0 Å². The molecule has 27 heavy (non-hydrogen) atoms. The van der Waals surface area contributed by atoms with Crippen molar-refractivity contribution in [3.8, 4) is 17.1 Å². The van der Waals surface area contributed by atoms with Gasteiger partial charge >= 0.3 is 0 Å². The molecule has 0 radical (unpaired) electrons. The molecule has 0 fully saturated rings. The molecule has 4 nitrogen and oxygen atoms in total. The molecule has 0 spiro atoms. The zero-order valence-corrected chi connectivity index (χ0v) is 17.1. The average Bonchev–Trinajstić information content (AvgIpc) is 3.12. The molecule has 0 unspecified atom stereocenters. The van der Waals surface area contributed by atoms with E-state index in [0.717, 1.165) is 32.5 Å². The monoisotopic (exact) mass is 436 g/mol. The molecule has 134 valence electrons. The molecule has 0 aliphatic carbocycles. The van der Waals surface area contributed by atoms with Crippen molar-refractivity contribution in [2.75, 3.05) is 0 Å². The standard InChI is InChI=1S/C21H17BrN4S/c1-15-3-2-4-19(13-15)26-20(17-9-11-23-12-10-17)24-25-21(26)27-14-16-5-7-18(22)8-6-16/h2-13H,14H2,1H3. The Bertz CT molecular complexity index is 1050. The summed E-state index contributed by atoms with van der Waals surface area (Å²) in [6.45, 7) is 2.09. The smallest absolute Gasteiger partial charge is 0.196 e. The van der Waals surface area contributed by atoms with Gasteiger partial charge in [0.2, 0.25) is 0 Å². The largest absolute Gasteiger partial charge is 0.270 e. The van der Waals surface area contributed by atoms with Crippen molar-refractivity contribution in [2.45, 2.75) is 17.8 Å². The number of pyridine rings is 1. The maximum atomic E-state index is 4.48. The molecule has 0 bridgehead atoms. The highest BCUT2D eigenvalue weighted by molar-refractivity contribution is 9.10. The van der Waals surface area contributed by atoms with E-state index < -0.39 is 0 Å². The van der Waals surface area contributed by atoms with E-state index in [4.69, 9.17) is 0 Å². The van der Waals surface area contributed by atoms with Gasteiger partial charge in [0.05, 0.1) is 0 Å². The molecule has 4 rings (SSSR count). The Morgan fingerprint density at radius 2 is 1.74 bits per heavy atom. The number of benzene rings is 2. The second-order valence-corrected chi connectivity index (χ2v) is 7.99. The van der Waals surface area contributed by atoms with Crippen LogP contribution in [0.25, 0.3) is 17.1 Å². The van der Waals surface area contributed by atoms with E-state index in [9.17, 15) is 0 Å². The van der Waals surface area contributed by atoms with Gasteiger partial charge in [0.1, 0.15) is 0 Å². The minimum atomic E-state index is 0.821. The lowest BCUT2D eigenvalue weighted by Gasteiger charge is -2.11. The normalized spacial score (nSPS) is 10.9. The first kappa shape index (κ1) is 17.9. The first-order valence-electron chi connectivity index (χ1n) is 8.51. The van der Waals surface area contributed by atoms with Crippen LogP contribution in [-0.2, 0) is 5.75 Å². The Morgan fingerprint density at radius 3 is 2.48 bits per heavy atom. The minimum absolute atomic E-state index is 0.821. The Balaban J connectivity index is 1.73. The summed E-state index contributed by atoms with van der Waals surface area (Å²) in [5, 5.41) is 9.82. The van der Waals surface area contributed by atoms with Gasteiger partial charge in [-0.25, -0.2) is 0 Å². The fourth-order valence-corrected chi connectivity index (χ4v) is 3.95. The maximum absolute atomic E-state index is 4.48. The van der Waals surface area contributed by atoms with E-state index in [-0.39, 0.29) is 0 Å². The van der Waals surface area contributed by atoms with E-state index in [0.29, 0.717) is 0 Å². The Morgan fingerprint density at radius 1 is 0.963 bits per heavy atom. The Hall–Kier alpha value is -2.44. The number of nitrogens with zero attached hydrogens (tertiary/aromatic N) is 4. The van der Waals surface area contributed by atoms with Gasteiger partial charge in [0, 0.05) is 33.9 Å². The molecule has 0 amide bonds. The third-order valence-corrected chi connectivity index (χ3v) is 5.64. The average molecular weight is 437 g/mol. The summed E-state index contributed by atoms with van der Waals surface area (Å²) in [5.74, 6) is 1.65. The topological polar surface area (TPSA) is 43.6 Å². The van der Waals surface area contributed by atoms with Crippen LogP contribution in [0, 0.1) is 6.92 Å². The molecule has 0 saturated heterocycles. The van der Waals surface area contributed by atoms with Crippen LogP contribution >= 0.6 is 27.7 Å². The molecule has 0 saturated carbocycles. The maximum Gasteiger partial charge on any atom is 0.196 e. The van der Waals surface area contributed by atoms with E-state index in [1.165, 1.54) is 11.1 Å². The van der Waals surface area contributed by atoms with Gasteiger partial charge in [-0.1, -0.05) is 52.0 Å². The van der Waals surface area contributed by atoms with Crippen LogP contribution in [0.3, 0.4) is 0 Å². The van der Waals surface area contributed by atoms with Crippen molar-refractivity contribution >= 4 is 27.7 Å². The molecular weight excluding hydrogens is 420 g/mol. The SMILES string of the molecule is Cc1cccc(-n2c(SCc3ccc(Br)cc3)nnc2-c2ccncc2)c1. The van der Waals surface area contributed by atoms with E-state index in [1.54, 1.807) is 24.2 Å². The second kappa shape index (κ2) is 8.06. The summed E-state index contributed by atoms with van der Waals surface area (Å²) < 4.78 is 3.20. The molecule has 2 aromatic heterocycles. The number of aryl methyl sites for hydroxylation is 1. The number of hydrogen-bond donors (Lipinski definition) is 0. The predicted molar refractivity (Wildman–Crippen MR) is 113 cm³/mol. The third kappa shape index (κ3) is 4.12. The molecule has 4 aromatic rings. The molecular formula is C21H17BrN4S. The van der Waals surface area contributed by atoms with Crippen molar-refractivity contribution in [2.24, 2.45) is 0 Å². The van der Waals surface area contributed by atoms with Crippen molar-refractivity contribution < 1.29 is 0 Å². The van der Waals surface area contributed by atoms with Gasteiger partial charge in [-0.05, 0) is 54.4 Å². The van der Waals surface area contributed by atoms with Gasteiger partial charge in [-0.15, -0.1) is 10.2 Å². The van der Waals surface area contributed by atoms with Crippen LogP contribution < -0.4 is 0 Å². The zero-order valence-electron chi connectivity index (χ0n) is 14.7. The summed E-state index contributed by atoms with van der Waals surface area (Å²) in [6.07, 6.45) is 3.55. The van der Waals surface area contributed by atoms with Crippen LogP contribution in [0.4, 0.5) is 0 Å². The third-order valence-electron chi connectivity index (χ3n) is 4.11. The molecule has 0 atom stereocenters. The lowest BCUT2D eigenvalue weighted by molar-refractivity contribution is 0.885. The van der Waals surface area contributed by atoms with Gasteiger partial charge in [0.15, 0.2) is 11.0 Å². The van der Waals surface area contributed by atoms with E-state index in [1.807, 2.05) is 12.1 Å². The quantitative estimate of drug-likeness (QED) is 0.376. The lowest BCUT2D eigenvalue weighted by atomic mass is 10.2. The fourth-order valence-electron chi connectivity index (χ4n) is 2.78. The van der Waals surface area contributed by atoms with Crippen LogP contribution in [0.1, 0.15) is 11.1 Å². The highest BCUT2D eigenvalue weighted by Gasteiger charge is 2.16. The van der Waals surface area contributed by atoms with Crippen LogP contribution in [-0.4, -0.2) is 19.7 Å². The first-order chi connectivity index (χ1) is 13.2. The number of thioether (sulfide) groups is 1. The second-order valence-electron chi connectivity index (χ2n) is 6.13. The van der Waals surface area contributed by atoms with Crippen LogP contribution in [0.15, 0.2) is 82.7 Å². The highest BCUT2D eigenvalue weighted by Crippen LogP contribution is 2.30. The first-order valence-corrected chi connectivity index (χ1v) is 10.3. The van der Waals surface area contributed by atoms with Crippen molar-refractivity contribution in [3.05, 3.63) is 88.7 Å². The van der Waals surface area contributed by atoms with Crippen molar-refractivity contribution in [1.82, 2.24) is 19.7 Å². The molecule has 0 aliphatic heterocycles. The van der Waals surface area contributed by atoms with Gasteiger partial charge in [-0.3, -0.25) is 9.55 Å². The molecule has 2 aromatic carbocycles. The summed E-state index contributed by atoms with van der Waals surface area (Å²) in [5.41, 5.74) is 4.50. The summed E-state index contributed by atoms with van der Waals surface area (Å²) in [7, 11) is 0. The fraction of sp³-hybridized carbons (Fsp3) is 0.0952. The van der Waals surface area contributed by atoms with E-state index in [2.05, 4.69) is 91.1 Å². The van der Waals surface area contributed by atoms with Crippen molar-refractivity contribution in [3.63, 3.8) is 0 Å². The number of aromatic nitrogens is 4. The predicted octanol–water partition coefficient (Wildman–Crippen LogP) is 5.69. The number of halogens is 1. The molecule has 0 aliphatic rings. The molecule has 2 heterocycles. The Labute approximate surface area is 170 Å². The van der Waals surface area contributed by atoms with E-state index >= 15 is 0 Å². The van der Waals surface area contributed by atoms with Gasteiger partial charge in [0.25, 0.3) is 0 Å². The zero-order chi connectivity index (χ0) is 18.6. The minimum Gasteiger partial charge on any atom is -0.270 e. The highest BCUT2D eigenvalue weighted by atomic mass is 79.9.